The molecule has 0 aliphatic rings. The highest BCUT2D eigenvalue weighted by Gasteiger charge is 2.07. The molecule has 2 heterocycles. The van der Waals surface area contributed by atoms with Gasteiger partial charge in [0.15, 0.2) is 0 Å². The van der Waals surface area contributed by atoms with E-state index in [0.717, 1.165) is 17.0 Å². The molecule has 0 spiro atoms. The zero-order valence-electron chi connectivity index (χ0n) is 9.23. The normalized spacial score (nSPS) is 10.9. The van der Waals surface area contributed by atoms with Crippen molar-refractivity contribution in [3.8, 4) is 0 Å². The molecular formula is C10H15N5. The monoisotopic (exact) mass is 205 g/mol. The molecule has 0 bridgehead atoms. The van der Waals surface area contributed by atoms with E-state index in [4.69, 9.17) is 5.73 Å². The largest absolute Gasteiger partial charge is 0.384 e. The van der Waals surface area contributed by atoms with Gasteiger partial charge in [-0.15, -0.1) is 0 Å². The summed E-state index contributed by atoms with van der Waals surface area (Å²) < 4.78 is 3.64. The molecule has 5 nitrogen and oxygen atoms in total. The van der Waals surface area contributed by atoms with Crippen LogP contribution < -0.4 is 5.73 Å². The van der Waals surface area contributed by atoms with E-state index in [1.54, 1.807) is 4.68 Å². The van der Waals surface area contributed by atoms with Crippen molar-refractivity contribution in [1.29, 1.82) is 0 Å². The molecule has 2 aromatic heterocycles. The summed E-state index contributed by atoms with van der Waals surface area (Å²) in [5.74, 6) is 0.691. The molecule has 2 N–H and O–H groups in total. The molecule has 0 aromatic carbocycles. The van der Waals surface area contributed by atoms with E-state index in [2.05, 4.69) is 10.2 Å². The van der Waals surface area contributed by atoms with Crippen LogP contribution in [0.2, 0.25) is 0 Å². The first-order chi connectivity index (χ1) is 7.08. The van der Waals surface area contributed by atoms with E-state index in [9.17, 15) is 0 Å². The third-order valence-corrected chi connectivity index (χ3v) is 2.59. The first-order valence-corrected chi connectivity index (χ1v) is 4.85. The molecule has 2 aromatic rings. The standard InChI is InChI=1S/C10H15N5/c1-7-4-10(11)15(13-7)6-9-5-12-14(3)8(9)2/h4-5H,6,11H2,1-3H3. The summed E-state index contributed by atoms with van der Waals surface area (Å²) in [5, 5.41) is 8.49. The lowest BCUT2D eigenvalue weighted by Gasteiger charge is -2.03. The van der Waals surface area contributed by atoms with E-state index < -0.39 is 0 Å². The van der Waals surface area contributed by atoms with Crippen LogP contribution in [0.25, 0.3) is 0 Å². The third-order valence-electron chi connectivity index (χ3n) is 2.59. The van der Waals surface area contributed by atoms with E-state index in [0.29, 0.717) is 12.4 Å². The number of nitrogen functional groups attached to an aromatic ring is 1. The molecule has 0 saturated carbocycles. The van der Waals surface area contributed by atoms with Gasteiger partial charge in [0.2, 0.25) is 0 Å². The molecule has 0 radical (unpaired) electrons. The number of rotatable bonds is 2. The Morgan fingerprint density at radius 2 is 2.13 bits per heavy atom. The molecule has 5 heteroatoms. The summed E-state index contributed by atoms with van der Waals surface area (Å²) in [6, 6.07) is 1.87. The molecule has 15 heavy (non-hydrogen) atoms. The fraction of sp³-hybridized carbons (Fsp3) is 0.400. The number of aromatic nitrogens is 4. The van der Waals surface area contributed by atoms with Crippen molar-refractivity contribution in [2.45, 2.75) is 20.4 Å². The Morgan fingerprint density at radius 3 is 2.60 bits per heavy atom. The van der Waals surface area contributed by atoms with E-state index in [1.165, 1.54) is 0 Å². The van der Waals surface area contributed by atoms with Gasteiger partial charge in [-0.2, -0.15) is 10.2 Å². The minimum atomic E-state index is 0.680. The Morgan fingerprint density at radius 1 is 1.40 bits per heavy atom. The summed E-state index contributed by atoms with van der Waals surface area (Å²) in [7, 11) is 1.93. The molecule has 2 rings (SSSR count). The lowest BCUT2D eigenvalue weighted by molar-refractivity contribution is 0.681. The lowest BCUT2D eigenvalue weighted by Crippen LogP contribution is -2.06. The fourth-order valence-corrected chi connectivity index (χ4v) is 1.55. The van der Waals surface area contributed by atoms with Crippen LogP contribution in [0.3, 0.4) is 0 Å². The van der Waals surface area contributed by atoms with Crippen LogP contribution in [0.4, 0.5) is 5.82 Å². The van der Waals surface area contributed by atoms with Gasteiger partial charge in [-0.05, 0) is 13.8 Å². The first kappa shape index (κ1) is 9.76. The second-order valence-corrected chi connectivity index (χ2v) is 3.75. The minimum Gasteiger partial charge on any atom is -0.384 e. The Kier molecular flexibility index (Phi) is 2.22. The molecule has 0 atom stereocenters. The molecule has 0 amide bonds. The van der Waals surface area contributed by atoms with Crippen LogP contribution in [0.1, 0.15) is 17.0 Å². The highest BCUT2D eigenvalue weighted by atomic mass is 15.3. The Bertz CT molecular complexity index is 480. The van der Waals surface area contributed by atoms with Crippen LogP contribution in [0.15, 0.2) is 12.3 Å². The van der Waals surface area contributed by atoms with Crippen molar-refractivity contribution in [3.63, 3.8) is 0 Å². The summed E-state index contributed by atoms with van der Waals surface area (Å²) in [6.07, 6.45) is 1.85. The Balaban J connectivity index is 2.29. The van der Waals surface area contributed by atoms with Gasteiger partial charge < -0.3 is 5.73 Å². The molecule has 0 unspecified atom stereocenters. The van der Waals surface area contributed by atoms with Crippen molar-refractivity contribution in [2.75, 3.05) is 5.73 Å². The van der Waals surface area contributed by atoms with Crippen molar-refractivity contribution in [2.24, 2.45) is 7.05 Å². The minimum absolute atomic E-state index is 0.680. The average Bonchev–Trinajstić information content (AvgIpc) is 2.64. The topological polar surface area (TPSA) is 61.7 Å². The number of hydrogen-bond donors (Lipinski definition) is 1. The SMILES string of the molecule is Cc1cc(N)n(Cc2cnn(C)c2C)n1. The van der Waals surface area contributed by atoms with Crippen LogP contribution in [-0.4, -0.2) is 19.6 Å². The number of anilines is 1. The van der Waals surface area contributed by atoms with Gasteiger partial charge in [0.25, 0.3) is 0 Å². The summed E-state index contributed by atoms with van der Waals surface area (Å²) in [5.41, 5.74) is 9.05. The lowest BCUT2D eigenvalue weighted by atomic mass is 10.2. The number of aryl methyl sites for hydroxylation is 2. The maximum absolute atomic E-state index is 5.82. The molecule has 80 valence electrons. The highest BCUT2D eigenvalue weighted by molar-refractivity contribution is 5.31. The summed E-state index contributed by atoms with van der Waals surface area (Å²) >= 11 is 0. The first-order valence-electron chi connectivity index (χ1n) is 4.85. The summed E-state index contributed by atoms with van der Waals surface area (Å²) in [4.78, 5) is 0. The van der Waals surface area contributed by atoms with Gasteiger partial charge in [-0.25, -0.2) is 4.68 Å². The zero-order valence-corrected chi connectivity index (χ0v) is 9.23. The van der Waals surface area contributed by atoms with E-state index in [-0.39, 0.29) is 0 Å². The van der Waals surface area contributed by atoms with Gasteiger partial charge in [0, 0.05) is 24.4 Å². The van der Waals surface area contributed by atoms with Crippen molar-refractivity contribution in [3.05, 3.63) is 29.2 Å². The molecule has 0 fully saturated rings. The van der Waals surface area contributed by atoms with Gasteiger partial charge in [-0.1, -0.05) is 0 Å². The van der Waals surface area contributed by atoms with Gasteiger partial charge >= 0.3 is 0 Å². The van der Waals surface area contributed by atoms with Crippen LogP contribution in [0.5, 0.6) is 0 Å². The van der Waals surface area contributed by atoms with Crippen molar-refractivity contribution < 1.29 is 0 Å². The van der Waals surface area contributed by atoms with Gasteiger partial charge in [0.05, 0.1) is 18.4 Å². The molecule has 0 aliphatic heterocycles. The predicted octanol–water partition coefficient (Wildman–Crippen LogP) is 0.864. The zero-order chi connectivity index (χ0) is 11.0. The van der Waals surface area contributed by atoms with Crippen LogP contribution in [0, 0.1) is 13.8 Å². The van der Waals surface area contributed by atoms with Crippen LogP contribution in [-0.2, 0) is 13.6 Å². The van der Waals surface area contributed by atoms with Crippen molar-refractivity contribution in [1.82, 2.24) is 19.6 Å². The second kappa shape index (κ2) is 3.42. The van der Waals surface area contributed by atoms with E-state index in [1.807, 2.05) is 37.8 Å². The smallest absolute Gasteiger partial charge is 0.122 e. The highest BCUT2D eigenvalue weighted by Crippen LogP contribution is 2.11. The van der Waals surface area contributed by atoms with Crippen molar-refractivity contribution >= 4 is 5.82 Å². The maximum atomic E-state index is 5.82. The molecular weight excluding hydrogens is 190 g/mol. The molecule has 0 aliphatic carbocycles. The number of nitrogens with two attached hydrogens (primary N) is 1. The van der Waals surface area contributed by atoms with Gasteiger partial charge in [0.1, 0.15) is 5.82 Å². The molecule has 0 saturated heterocycles. The number of hydrogen-bond acceptors (Lipinski definition) is 3. The Labute approximate surface area is 88.5 Å². The maximum Gasteiger partial charge on any atom is 0.122 e. The fourth-order valence-electron chi connectivity index (χ4n) is 1.55. The third kappa shape index (κ3) is 1.72. The summed E-state index contributed by atoms with van der Waals surface area (Å²) in [6.45, 7) is 4.65. The Hall–Kier alpha value is -1.78. The number of nitrogens with zero attached hydrogens (tertiary/aromatic N) is 4. The van der Waals surface area contributed by atoms with Crippen LogP contribution >= 0.6 is 0 Å². The van der Waals surface area contributed by atoms with E-state index >= 15 is 0 Å². The van der Waals surface area contributed by atoms with Gasteiger partial charge in [-0.3, -0.25) is 4.68 Å². The average molecular weight is 205 g/mol. The quantitative estimate of drug-likeness (QED) is 0.791. The second-order valence-electron chi connectivity index (χ2n) is 3.75. The predicted molar refractivity (Wildman–Crippen MR) is 58.4 cm³/mol.